The highest BCUT2D eigenvalue weighted by Gasteiger charge is 2.31. The molecule has 1 aromatic carbocycles. The van der Waals surface area contributed by atoms with E-state index in [-0.39, 0.29) is 28.8 Å². The van der Waals surface area contributed by atoms with Crippen molar-refractivity contribution >= 4 is 17.7 Å². The van der Waals surface area contributed by atoms with Crippen LogP contribution in [0.2, 0.25) is 5.02 Å². The largest absolute Gasteiger partial charge is 0.444 e. The van der Waals surface area contributed by atoms with Crippen LogP contribution in [0.4, 0.5) is 18.0 Å². The van der Waals surface area contributed by atoms with E-state index in [9.17, 15) is 18.0 Å². The Kier molecular flexibility index (Phi) is 5.26. The number of nitrogens with zero attached hydrogens (tertiary/aromatic N) is 2. The number of rotatable bonds is 3. The van der Waals surface area contributed by atoms with Gasteiger partial charge in [-0.3, -0.25) is 0 Å². The van der Waals surface area contributed by atoms with Crippen molar-refractivity contribution in [2.24, 2.45) is 0 Å². The van der Waals surface area contributed by atoms with Crippen molar-refractivity contribution < 1.29 is 27.2 Å². The Labute approximate surface area is 146 Å². The average molecular weight is 378 g/mol. The Morgan fingerprint density at radius 3 is 2.60 bits per heavy atom. The molecule has 0 radical (unpaired) electrons. The van der Waals surface area contributed by atoms with Gasteiger partial charge in [-0.2, -0.15) is 18.2 Å². The lowest BCUT2D eigenvalue weighted by atomic mass is 10.1. The van der Waals surface area contributed by atoms with E-state index < -0.39 is 23.4 Å². The maximum absolute atomic E-state index is 12.8. The number of carbonyl (C=O) groups excluding carboxylic acids is 1. The fourth-order valence-corrected chi connectivity index (χ4v) is 1.97. The van der Waals surface area contributed by atoms with Gasteiger partial charge in [-0.1, -0.05) is 16.8 Å². The van der Waals surface area contributed by atoms with Crippen LogP contribution < -0.4 is 5.32 Å². The first-order valence-electron chi connectivity index (χ1n) is 7.12. The van der Waals surface area contributed by atoms with Crippen LogP contribution in [0.25, 0.3) is 11.4 Å². The highest BCUT2D eigenvalue weighted by molar-refractivity contribution is 6.33. The minimum atomic E-state index is -4.52. The molecule has 2 rings (SSSR count). The summed E-state index contributed by atoms with van der Waals surface area (Å²) in [6, 6.07) is 2.80. The number of alkyl halides is 3. The molecule has 6 nitrogen and oxygen atoms in total. The molecule has 2 aromatic rings. The first kappa shape index (κ1) is 19.0. The zero-order valence-electron chi connectivity index (χ0n) is 13.6. The van der Waals surface area contributed by atoms with Gasteiger partial charge >= 0.3 is 12.3 Å². The number of ether oxygens (including phenoxy) is 1. The minimum Gasteiger partial charge on any atom is -0.444 e. The molecule has 25 heavy (non-hydrogen) atoms. The number of carbonyl (C=O) groups is 1. The van der Waals surface area contributed by atoms with Crippen LogP contribution in [0.1, 0.15) is 32.2 Å². The standard InChI is InChI=1S/C15H15ClF3N3O3/c1-14(2,3)24-13(23)20-7-11-21-12(22-25-11)9-6-8(15(17,18)19)4-5-10(9)16/h4-6H,7H2,1-3H3,(H,20,23). The number of hydrogen-bond donors (Lipinski definition) is 1. The van der Waals surface area contributed by atoms with Crippen molar-refractivity contribution in [3.8, 4) is 11.4 Å². The minimum absolute atomic E-state index is 0.00524. The van der Waals surface area contributed by atoms with Crippen molar-refractivity contribution in [3.05, 3.63) is 34.7 Å². The fraction of sp³-hybridized carbons (Fsp3) is 0.400. The Morgan fingerprint density at radius 2 is 2.00 bits per heavy atom. The van der Waals surface area contributed by atoms with Crippen LogP contribution >= 0.6 is 11.6 Å². The van der Waals surface area contributed by atoms with Crippen molar-refractivity contribution in [1.29, 1.82) is 0 Å². The van der Waals surface area contributed by atoms with Crippen LogP contribution in [0, 0.1) is 0 Å². The third-order valence-electron chi connectivity index (χ3n) is 2.79. The summed E-state index contributed by atoms with van der Waals surface area (Å²) in [6.45, 7) is 4.96. The van der Waals surface area contributed by atoms with E-state index in [4.69, 9.17) is 20.9 Å². The van der Waals surface area contributed by atoms with E-state index in [0.29, 0.717) is 0 Å². The summed E-state index contributed by atoms with van der Waals surface area (Å²) in [5, 5.41) is 6.04. The third-order valence-corrected chi connectivity index (χ3v) is 3.12. The van der Waals surface area contributed by atoms with Gasteiger partial charge in [0.15, 0.2) is 0 Å². The van der Waals surface area contributed by atoms with Crippen LogP contribution in [0.15, 0.2) is 22.7 Å². The summed E-state index contributed by atoms with van der Waals surface area (Å²) in [7, 11) is 0. The molecule has 1 amide bonds. The molecular weight excluding hydrogens is 363 g/mol. The van der Waals surface area contributed by atoms with Gasteiger partial charge in [-0.15, -0.1) is 0 Å². The van der Waals surface area contributed by atoms with Gasteiger partial charge in [0.1, 0.15) is 12.1 Å². The van der Waals surface area contributed by atoms with Gasteiger partial charge in [0.25, 0.3) is 0 Å². The molecular formula is C15H15ClF3N3O3. The number of nitrogens with one attached hydrogen (secondary N) is 1. The second-order valence-electron chi connectivity index (χ2n) is 6.06. The maximum atomic E-state index is 12.8. The monoisotopic (exact) mass is 377 g/mol. The van der Waals surface area contributed by atoms with E-state index >= 15 is 0 Å². The summed E-state index contributed by atoms with van der Waals surface area (Å²) < 4.78 is 48.3. The van der Waals surface area contributed by atoms with Gasteiger partial charge in [0.2, 0.25) is 11.7 Å². The van der Waals surface area contributed by atoms with Crippen LogP contribution in [0.5, 0.6) is 0 Å². The topological polar surface area (TPSA) is 77.2 Å². The zero-order valence-corrected chi connectivity index (χ0v) is 14.3. The smallest absolute Gasteiger partial charge is 0.416 e. The Hall–Kier alpha value is -2.29. The highest BCUT2D eigenvalue weighted by Crippen LogP contribution is 2.34. The first-order chi connectivity index (χ1) is 11.5. The van der Waals surface area contributed by atoms with E-state index in [2.05, 4.69) is 15.5 Å². The van der Waals surface area contributed by atoms with Crippen LogP contribution in [-0.2, 0) is 17.5 Å². The lowest BCUT2D eigenvalue weighted by molar-refractivity contribution is -0.137. The number of aromatic nitrogens is 2. The Morgan fingerprint density at radius 1 is 1.32 bits per heavy atom. The van der Waals surface area contributed by atoms with Gasteiger partial charge in [-0.25, -0.2) is 4.79 Å². The van der Waals surface area contributed by atoms with E-state index in [1.165, 1.54) is 0 Å². The molecule has 10 heteroatoms. The number of hydrogen-bond acceptors (Lipinski definition) is 5. The number of halogens is 4. The Balaban J connectivity index is 2.12. The third kappa shape index (κ3) is 5.35. The van der Waals surface area contributed by atoms with Crippen molar-refractivity contribution in [2.45, 2.75) is 39.1 Å². The normalized spacial score (nSPS) is 12.1. The zero-order chi connectivity index (χ0) is 18.8. The molecule has 0 aliphatic carbocycles. The molecule has 136 valence electrons. The highest BCUT2D eigenvalue weighted by atomic mass is 35.5. The number of benzene rings is 1. The van der Waals surface area contributed by atoms with E-state index in [0.717, 1.165) is 18.2 Å². The molecule has 0 saturated heterocycles. The molecule has 1 N–H and O–H groups in total. The second kappa shape index (κ2) is 6.91. The van der Waals surface area contributed by atoms with E-state index in [1.54, 1.807) is 20.8 Å². The lowest BCUT2D eigenvalue weighted by Gasteiger charge is -2.19. The molecule has 0 bridgehead atoms. The molecule has 0 aliphatic heterocycles. The molecule has 0 unspecified atom stereocenters. The maximum Gasteiger partial charge on any atom is 0.416 e. The average Bonchev–Trinajstić information content (AvgIpc) is 2.91. The van der Waals surface area contributed by atoms with Crippen LogP contribution in [0.3, 0.4) is 0 Å². The predicted octanol–water partition coefficient (Wildman–Crippen LogP) is 4.43. The predicted molar refractivity (Wildman–Crippen MR) is 82.8 cm³/mol. The van der Waals surface area contributed by atoms with Crippen molar-refractivity contribution in [3.63, 3.8) is 0 Å². The van der Waals surface area contributed by atoms with E-state index in [1.807, 2.05) is 0 Å². The number of alkyl carbamates (subject to hydrolysis) is 1. The van der Waals surface area contributed by atoms with Crippen LogP contribution in [-0.4, -0.2) is 21.8 Å². The molecule has 0 spiro atoms. The van der Waals surface area contributed by atoms with Gasteiger partial charge < -0.3 is 14.6 Å². The van der Waals surface area contributed by atoms with Crippen molar-refractivity contribution in [2.75, 3.05) is 0 Å². The molecule has 0 fully saturated rings. The summed E-state index contributed by atoms with van der Waals surface area (Å²) in [4.78, 5) is 15.5. The second-order valence-corrected chi connectivity index (χ2v) is 6.47. The van der Waals surface area contributed by atoms with Gasteiger partial charge in [0.05, 0.1) is 10.6 Å². The van der Waals surface area contributed by atoms with Gasteiger partial charge in [0, 0.05) is 5.56 Å². The quantitative estimate of drug-likeness (QED) is 0.856. The summed E-state index contributed by atoms with van der Waals surface area (Å²) in [6.07, 6.45) is -5.21. The molecule has 0 saturated carbocycles. The lowest BCUT2D eigenvalue weighted by Crippen LogP contribution is -2.32. The molecule has 1 aromatic heterocycles. The fourth-order valence-electron chi connectivity index (χ4n) is 1.77. The molecule has 1 heterocycles. The Bertz CT molecular complexity index is 769. The summed E-state index contributed by atoms with van der Waals surface area (Å²) in [5.74, 6) is -0.119. The number of amides is 1. The molecule has 0 atom stereocenters. The first-order valence-corrected chi connectivity index (χ1v) is 7.50. The molecule has 0 aliphatic rings. The summed E-state index contributed by atoms with van der Waals surface area (Å²) in [5.41, 5.74) is -1.58. The van der Waals surface area contributed by atoms with Gasteiger partial charge in [-0.05, 0) is 39.0 Å². The van der Waals surface area contributed by atoms with Crippen molar-refractivity contribution in [1.82, 2.24) is 15.5 Å². The SMILES string of the molecule is CC(C)(C)OC(=O)NCc1nc(-c2cc(C(F)(F)F)ccc2Cl)no1. The summed E-state index contributed by atoms with van der Waals surface area (Å²) >= 11 is 5.91.